The van der Waals surface area contributed by atoms with Gasteiger partial charge >= 0.3 is 5.97 Å². The van der Waals surface area contributed by atoms with Gasteiger partial charge in [0.05, 0.1) is 13.2 Å². The Labute approximate surface area is 71.0 Å². The van der Waals surface area contributed by atoms with Crippen LogP contribution >= 0.6 is 0 Å². The lowest BCUT2D eigenvalue weighted by atomic mass is 9.78. The lowest BCUT2D eigenvalue weighted by Crippen LogP contribution is -2.56. The maximum Gasteiger partial charge on any atom is 0.326 e. The van der Waals surface area contributed by atoms with Crippen LogP contribution in [0.3, 0.4) is 0 Å². The zero-order valence-electron chi connectivity index (χ0n) is 6.91. The van der Waals surface area contributed by atoms with Crippen molar-refractivity contribution < 1.29 is 14.3 Å². The highest BCUT2D eigenvalue weighted by atomic mass is 16.6. The Bertz CT molecular complexity index is 196. The van der Waals surface area contributed by atoms with Gasteiger partial charge in [-0.25, -0.2) is 0 Å². The first-order valence-corrected chi connectivity index (χ1v) is 4.28. The third kappa shape index (κ3) is 1.21. The first-order valence-electron chi connectivity index (χ1n) is 4.28. The van der Waals surface area contributed by atoms with Crippen LogP contribution in [0.4, 0.5) is 0 Å². The van der Waals surface area contributed by atoms with Crippen molar-refractivity contribution in [2.75, 3.05) is 13.2 Å². The minimum Gasteiger partial charge on any atom is -0.456 e. The van der Waals surface area contributed by atoms with Crippen LogP contribution in [-0.4, -0.2) is 30.8 Å². The molecular formula is C8H13NO3. The van der Waals surface area contributed by atoms with E-state index in [0.717, 1.165) is 19.3 Å². The van der Waals surface area contributed by atoms with Gasteiger partial charge in [-0.15, -0.1) is 0 Å². The summed E-state index contributed by atoms with van der Waals surface area (Å²) in [6.45, 7) is 1.06. The average Bonchev–Trinajstić information content (AvgIpc) is 1.91. The quantitative estimate of drug-likeness (QED) is 0.585. The minimum absolute atomic E-state index is 0.0430. The fraction of sp³-hybridized carbons (Fsp3) is 0.875. The summed E-state index contributed by atoms with van der Waals surface area (Å²) >= 11 is 0. The normalized spacial score (nSPS) is 27.1. The average molecular weight is 171 g/mol. The summed E-state index contributed by atoms with van der Waals surface area (Å²) in [7, 11) is 0. The molecule has 1 heterocycles. The van der Waals surface area contributed by atoms with E-state index in [9.17, 15) is 4.79 Å². The molecule has 68 valence electrons. The molecule has 0 spiro atoms. The van der Waals surface area contributed by atoms with Crippen LogP contribution < -0.4 is 5.73 Å². The Balaban J connectivity index is 1.82. The van der Waals surface area contributed by atoms with Crippen molar-refractivity contribution in [2.24, 2.45) is 5.73 Å². The molecule has 0 aromatic carbocycles. The molecule has 0 atom stereocenters. The first kappa shape index (κ1) is 8.01. The van der Waals surface area contributed by atoms with E-state index >= 15 is 0 Å². The fourth-order valence-electron chi connectivity index (χ4n) is 1.31. The van der Waals surface area contributed by atoms with Crippen molar-refractivity contribution in [1.82, 2.24) is 0 Å². The summed E-state index contributed by atoms with van der Waals surface area (Å²) < 4.78 is 9.99. The van der Waals surface area contributed by atoms with Gasteiger partial charge in [-0.05, 0) is 19.3 Å². The molecule has 0 aromatic heterocycles. The number of esters is 1. The van der Waals surface area contributed by atoms with Gasteiger partial charge in [0.15, 0.2) is 0 Å². The SMILES string of the molecule is NC1(C(=O)OC2COC2)CCC1. The van der Waals surface area contributed by atoms with E-state index in [2.05, 4.69) is 0 Å². The third-order valence-corrected chi connectivity index (χ3v) is 2.53. The number of carbonyl (C=O) groups is 1. The molecule has 2 aliphatic rings. The van der Waals surface area contributed by atoms with Gasteiger partial charge in [0.25, 0.3) is 0 Å². The molecule has 0 radical (unpaired) electrons. The van der Waals surface area contributed by atoms with Crippen LogP contribution in [-0.2, 0) is 14.3 Å². The molecule has 1 saturated carbocycles. The van der Waals surface area contributed by atoms with E-state index in [0.29, 0.717) is 13.2 Å². The fourth-order valence-corrected chi connectivity index (χ4v) is 1.31. The predicted octanol–water partition coefficient (Wildman–Crippen LogP) is -0.190. The van der Waals surface area contributed by atoms with Crippen LogP contribution in [0.1, 0.15) is 19.3 Å². The first-order chi connectivity index (χ1) is 5.71. The number of nitrogens with two attached hydrogens (primary N) is 1. The number of hydrogen-bond acceptors (Lipinski definition) is 4. The number of carbonyl (C=O) groups excluding carboxylic acids is 1. The van der Waals surface area contributed by atoms with Gasteiger partial charge in [-0.3, -0.25) is 4.79 Å². The van der Waals surface area contributed by atoms with Crippen LogP contribution in [0.2, 0.25) is 0 Å². The van der Waals surface area contributed by atoms with E-state index in [-0.39, 0.29) is 12.1 Å². The zero-order chi connectivity index (χ0) is 8.60. The number of ether oxygens (including phenoxy) is 2. The van der Waals surface area contributed by atoms with Crippen LogP contribution in [0.15, 0.2) is 0 Å². The smallest absolute Gasteiger partial charge is 0.326 e. The minimum atomic E-state index is -0.671. The van der Waals surface area contributed by atoms with Gasteiger partial charge in [0.1, 0.15) is 11.6 Å². The van der Waals surface area contributed by atoms with Crippen molar-refractivity contribution in [1.29, 1.82) is 0 Å². The lowest BCUT2D eigenvalue weighted by molar-refractivity contribution is -0.181. The molecule has 0 aromatic rings. The van der Waals surface area contributed by atoms with Crippen LogP contribution in [0.25, 0.3) is 0 Å². The second-order valence-corrected chi connectivity index (χ2v) is 3.57. The van der Waals surface area contributed by atoms with E-state index < -0.39 is 5.54 Å². The Morgan fingerprint density at radius 1 is 1.50 bits per heavy atom. The van der Waals surface area contributed by atoms with Crippen LogP contribution in [0, 0.1) is 0 Å². The van der Waals surface area contributed by atoms with E-state index in [4.69, 9.17) is 15.2 Å². The molecular weight excluding hydrogens is 158 g/mol. The van der Waals surface area contributed by atoms with E-state index in [1.54, 1.807) is 0 Å². The van der Waals surface area contributed by atoms with Gasteiger partial charge in [-0.1, -0.05) is 0 Å². The Hall–Kier alpha value is -0.610. The van der Waals surface area contributed by atoms with E-state index in [1.165, 1.54) is 0 Å². The monoisotopic (exact) mass is 171 g/mol. The summed E-state index contributed by atoms with van der Waals surface area (Å²) in [5.74, 6) is -0.248. The molecule has 2 fully saturated rings. The Morgan fingerprint density at radius 3 is 2.50 bits per heavy atom. The molecule has 2 rings (SSSR count). The largest absolute Gasteiger partial charge is 0.456 e. The molecule has 0 amide bonds. The maximum atomic E-state index is 11.3. The third-order valence-electron chi connectivity index (χ3n) is 2.53. The maximum absolute atomic E-state index is 11.3. The van der Waals surface area contributed by atoms with Crippen LogP contribution in [0.5, 0.6) is 0 Å². The summed E-state index contributed by atoms with van der Waals surface area (Å²) in [5.41, 5.74) is 5.09. The van der Waals surface area contributed by atoms with Crippen molar-refractivity contribution in [3.8, 4) is 0 Å². The molecule has 0 unspecified atom stereocenters. The molecule has 1 saturated heterocycles. The van der Waals surface area contributed by atoms with Crippen molar-refractivity contribution in [3.63, 3.8) is 0 Å². The highest BCUT2D eigenvalue weighted by Gasteiger charge is 2.43. The Morgan fingerprint density at radius 2 is 2.17 bits per heavy atom. The van der Waals surface area contributed by atoms with Gasteiger partial charge in [0, 0.05) is 0 Å². The Kier molecular flexibility index (Phi) is 1.81. The summed E-state index contributed by atoms with van der Waals surface area (Å²) in [4.78, 5) is 11.3. The molecule has 12 heavy (non-hydrogen) atoms. The molecule has 2 N–H and O–H groups in total. The molecule has 1 aliphatic heterocycles. The standard InChI is InChI=1S/C8H13NO3/c9-8(2-1-3-8)7(10)12-6-4-11-5-6/h6H,1-5,9H2. The highest BCUT2D eigenvalue weighted by molar-refractivity contribution is 5.81. The zero-order valence-corrected chi connectivity index (χ0v) is 6.91. The van der Waals surface area contributed by atoms with Gasteiger partial charge < -0.3 is 15.2 Å². The summed E-state index contributed by atoms with van der Waals surface area (Å²) in [5, 5.41) is 0. The predicted molar refractivity (Wildman–Crippen MR) is 41.5 cm³/mol. The van der Waals surface area contributed by atoms with Gasteiger partial charge in [0.2, 0.25) is 0 Å². The van der Waals surface area contributed by atoms with E-state index in [1.807, 2.05) is 0 Å². The second-order valence-electron chi connectivity index (χ2n) is 3.57. The number of rotatable bonds is 2. The molecule has 1 aliphatic carbocycles. The lowest BCUT2D eigenvalue weighted by Gasteiger charge is -2.37. The molecule has 4 nitrogen and oxygen atoms in total. The summed E-state index contributed by atoms with van der Waals surface area (Å²) in [6, 6.07) is 0. The van der Waals surface area contributed by atoms with Crippen molar-refractivity contribution in [3.05, 3.63) is 0 Å². The number of hydrogen-bond donors (Lipinski definition) is 1. The van der Waals surface area contributed by atoms with Gasteiger partial charge in [-0.2, -0.15) is 0 Å². The van der Waals surface area contributed by atoms with Crippen molar-refractivity contribution in [2.45, 2.75) is 30.9 Å². The molecule has 0 bridgehead atoms. The highest BCUT2D eigenvalue weighted by Crippen LogP contribution is 2.30. The molecule has 4 heteroatoms. The second kappa shape index (κ2) is 2.71. The topological polar surface area (TPSA) is 61.6 Å². The summed E-state index contributed by atoms with van der Waals surface area (Å²) in [6.07, 6.45) is 2.52. The van der Waals surface area contributed by atoms with Crippen molar-refractivity contribution >= 4 is 5.97 Å².